The standard InChI is InChI=1S/C14H21NO3/c1-5-17-12-8-6-7-11(9-12)15-13(16)10-18-14(2,3)4/h6-9H,5,10H2,1-4H3,(H,15,16). The summed E-state index contributed by atoms with van der Waals surface area (Å²) in [6, 6.07) is 7.30. The molecule has 4 heteroatoms. The molecular weight excluding hydrogens is 230 g/mol. The average molecular weight is 251 g/mol. The number of amides is 1. The Labute approximate surface area is 108 Å². The fourth-order valence-corrected chi connectivity index (χ4v) is 1.31. The number of rotatable bonds is 5. The molecule has 0 saturated carbocycles. The fraction of sp³-hybridized carbons (Fsp3) is 0.500. The van der Waals surface area contributed by atoms with Gasteiger partial charge in [0.25, 0.3) is 0 Å². The van der Waals surface area contributed by atoms with Gasteiger partial charge in [0.05, 0.1) is 12.2 Å². The van der Waals surface area contributed by atoms with Crippen LogP contribution in [0.5, 0.6) is 5.75 Å². The molecular formula is C14H21NO3. The zero-order chi connectivity index (χ0) is 13.6. The molecule has 0 aliphatic heterocycles. The first kappa shape index (κ1) is 14.5. The molecule has 0 aromatic heterocycles. The Morgan fingerprint density at radius 2 is 2.06 bits per heavy atom. The molecule has 100 valence electrons. The predicted octanol–water partition coefficient (Wildman–Crippen LogP) is 2.84. The highest BCUT2D eigenvalue weighted by atomic mass is 16.5. The van der Waals surface area contributed by atoms with Crippen LogP contribution in [0.25, 0.3) is 0 Å². The lowest BCUT2D eigenvalue weighted by Gasteiger charge is -2.19. The van der Waals surface area contributed by atoms with Gasteiger partial charge in [-0.1, -0.05) is 6.07 Å². The maximum absolute atomic E-state index is 11.7. The van der Waals surface area contributed by atoms with E-state index in [0.29, 0.717) is 12.3 Å². The Morgan fingerprint density at radius 1 is 1.33 bits per heavy atom. The zero-order valence-electron chi connectivity index (χ0n) is 11.4. The van der Waals surface area contributed by atoms with E-state index in [9.17, 15) is 4.79 Å². The molecule has 0 fully saturated rings. The first-order valence-corrected chi connectivity index (χ1v) is 6.07. The third kappa shape index (κ3) is 5.68. The lowest BCUT2D eigenvalue weighted by atomic mass is 10.2. The summed E-state index contributed by atoms with van der Waals surface area (Å²) in [5.74, 6) is 0.575. The Kier molecular flexibility index (Phi) is 5.16. The van der Waals surface area contributed by atoms with E-state index in [1.54, 1.807) is 6.07 Å². The SMILES string of the molecule is CCOc1cccc(NC(=O)COC(C)(C)C)c1. The summed E-state index contributed by atoms with van der Waals surface area (Å²) in [6.07, 6.45) is 0. The van der Waals surface area contributed by atoms with Crippen LogP contribution in [0.2, 0.25) is 0 Å². The summed E-state index contributed by atoms with van der Waals surface area (Å²) in [5.41, 5.74) is 0.397. The Bertz CT molecular complexity index is 396. The molecule has 0 spiro atoms. The monoisotopic (exact) mass is 251 g/mol. The number of carbonyl (C=O) groups excluding carboxylic acids is 1. The van der Waals surface area contributed by atoms with Crippen molar-refractivity contribution in [3.8, 4) is 5.75 Å². The van der Waals surface area contributed by atoms with Gasteiger partial charge in [0.1, 0.15) is 12.4 Å². The van der Waals surface area contributed by atoms with Crippen molar-refractivity contribution in [1.82, 2.24) is 0 Å². The smallest absolute Gasteiger partial charge is 0.250 e. The summed E-state index contributed by atoms with van der Waals surface area (Å²) >= 11 is 0. The molecule has 18 heavy (non-hydrogen) atoms. The zero-order valence-corrected chi connectivity index (χ0v) is 11.4. The number of nitrogens with one attached hydrogen (secondary N) is 1. The topological polar surface area (TPSA) is 47.6 Å². The Hall–Kier alpha value is -1.55. The van der Waals surface area contributed by atoms with Gasteiger partial charge in [-0.25, -0.2) is 0 Å². The van der Waals surface area contributed by atoms with Gasteiger partial charge in [-0.05, 0) is 39.8 Å². The van der Waals surface area contributed by atoms with Crippen LogP contribution in [0.15, 0.2) is 24.3 Å². The van der Waals surface area contributed by atoms with Crippen LogP contribution in [0.4, 0.5) is 5.69 Å². The molecule has 0 radical (unpaired) electrons. The lowest BCUT2D eigenvalue weighted by molar-refractivity contribution is -0.125. The molecule has 1 rings (SSSR count). The van der Waals surface area contributed by atoms with Crippen molar-refractivity contribution in [3.63, 3.8) is 0 Å². The summed E-state index contributed by atoms with van der Waals surface area (Å²) in [5, 5.41) is 2.77. The number of hydrogen-bond acceptors (Lipinski definition) is 3. The third-order valence-electron chi connectivity index (χ3n) is 2.07. The van der Waals surface area contributed by atoms with Crippen LogP contribution in [0.1, 0.15) is 27.7 Å². The van der Waals surface area contributed by atoms with Crippen LogP contribution in [-0.2, 0) is 9.53 Å². The minimum Gasteiger partial charge on any atom is -0.494 e. The number of carbonyl (C=O) groups is 1. The maximum Gasteiger partial charge on any atom is 0.250 e. The van der Waals surface area contributed by atoms with Crippen molar-refractivity contribution in [2.75, 3.05) is 18.5 Å². The van der Waals surface area contributed by atoms with Crippen molar-refractivity contribution in [3.05, 3.63) is 24.3 Å². The lowest BCUT2D eigenvalue weighted by Crippen LogP contribution is -2.27. The largest absolute Gasteiger partial charge is 0.494 e. The minimum atomic E-state index is -0.315. The molecule has 0 bridgehead atoms. The highest BCUT2D eigenvalue weighted by molar-refractivity contribution is 5.91. The van der Waals surface area contributed by atoms with E-state index in [4.69, 9.17) is 9.47 Å². The van der Waals surface area contributed by atoms with Crippen LogP contribution in [-0.4, -0.2) is 24.7 Å². The fourth-order valence-electron chi connectivity index (χ4n) is 1.31. The highest BCUT2D eigenvalue weighted by Gasteiger charge is 2.12. The van der Waals surface area contributed by atoms with Crippen LogP contribution in [0, 0.1) is 0 Å². The second-order valence-corrected chi connectivity index (χ2v) is 4.91. The van der Waals surface area contributed by atoms with Gasteiger partial charge in [-0.2, -0.15) is 0 Å². The number of ether oxygens (including phenoxy) is 2. The summed E-state index contributed by atoms with van der Waals surface area (Å²) in [7, 11) is 0. The molecule has 1 amide bonds. The predicted molar refractivity (Wildman–Crippen MR) is 71.9 cm³/mol. The minimum absolute atomic E-state index is 0.0440. The van der Waals surface area contributed by atoms with Gasteiger partial charge in [-0.3, -0.25) is 4.79 Å². The first-order chi connectivity index (χ1) is 8.40. The van der Waals surface area contributed by atoms with Crippen molar-refractivity contribution < 1.29 is 14.3 Å². The van der Waals surface area contributed by atoms with E-state index in [0.717, 1.165) is 5.75 Å². The summed E-state index contributed by atoms with van der Waals surface area (Å²) in [6.45, 7) is 8.30. The van der Waals surface area contributed by atoms with Gasteiger partial charge in [-0.15, -0.1) is 0 Å². The maximum atomic E-state index is 11.7. The van der Waals surface area contributed by atoms with Gasteiger partial charge in [0.15, 0.2) is 0 Å². The highest BCUT2D eigenvalue weighted by Crippen LogP contribution is 2.17. The van der Waals surface area contributed by atoms with Gasteiger partial charge in [0.2, 0.25) is 5.91 Å². The van der Waals surface area contributed by atoms with Gasteiger partial charge >= 0.3 is 0 Å². The Balaban J connectivity index is 2.51. The van der Waals surface area contributed by atoms with Crippen molar-refractivity contribution in [2.24, 2.45) is 0 Å². The second-order valence-electron chi connectivity index (χ2n) is 4.91. The average Bonchev–Trinajstić information content (AvgIpc) is 2.26. The summed E-state index contributed by atoms with van der Waals surface area (Å²) in [4.78, 5) is 11.7. The molecule has 0 saturated heterocycles. The van der Waals surface area contributed by atoms with Crippen LogP contribution < -0.4 is 10.1 Å². The van der Waals surface area contributed by atoms with E-state index in [-0.39, 0.29) is 18.1 Å². The van der Waals surface area contributed by atoms with E-state index in [1.807, 2.05) is 45.9 Å². The molecule has 0 atom stereocenters. The molecule has 0 heterocycles. The Morgan fingerprint density at radius 3 is 2.67 bits per heavy atom. The molecule has 0 unspecified atom stereocenters. The van der Waals surface area contributed by atoms with Crippen molar-refractivity contribution in [2.45, 2.75) is 33.3 Å². The molecule has 1 N–H and O–H groups in total. The van der Waals surface area contributed by atoms with E-state index >= 15 is 0 Å². The quantitative estimate of drug-likeness (QED) is 0.875. The van der Waals surface area contributed by atoms with Gasteiger partial charge < -0.3 is 14.8 Å². The molecule has 4 nitrogen and oxygen atoms in total. The van der Waals surface area contributed by atoms with E-state index < -0.39 is 0 Å². The third-order valence-corrected chi connectivity index (χ3v) is 2.07. The molecule has 0 aliphatic rings. The molecule has 1 aromatic carbocycles. The first-order valence-electron chi connectivity index (χ1n) is 6.07. The molecule has 0 aliphatic carbocycles. The molecule has 1 aromatic rings. The van der Waals surface area contributed by atoms with Gasteiger partial charge in [0, 0.05) is 11.8 Å². The van der Waals surface area contributed by atoms with E-state index in [1.165, 1.54) is 0 Å². The van der Waals surface area contributed by atoms with Crippen molar-refractivity contribution >= 4 is 11.6 Å². The number of anilines is 1. The number of hydrogen-bond donors (Lipinski definition) is 1. The second kappa shape index (κ2) is 6.40. The normalized spacial score (nSPS) is 11.1. The number of benzene rings is 1. The summed E-state index contributed by atoms with van der Waals surface area (Å²) < 4.78 is 10.8. The van der Waals surface area contributed by atoms with Crippen LogP contribution >= 0.6 is 0 Å². The van der Waals surface area contributed by atoms with Crippen LogP contribution in [0.3, 0.4) is 0 Å². The van der Waals surface area contributed by atoms with Crippen molar-refractivity contribution in [1.29, 1.82) is 0 Å². The van der Waals surface area contributed by atoms with E-state index in [2.05, 4.69) is 5.32 Å².